The molecule has 1 aromatic rings. The number of aliphatic carboxylic acids is 1. The van der Waals surface area contributed by atoms with E-state index in [1.807, 2.05) is 0 Å². The Hall–Kier alpha value is -1.72. The Morgan fingerprint density at radius 2 is 2.17 bits per heavy atom. The fraction of sp³-hybridized carbons (Fsp3) is 0.667. The number of likely N-dealkylation sites (tertiary alicyclic amines) is 1. The number of imidazole rings is 1. The Morgan fingerprint density at radius 1 is 1.45 bits per heavy atom. The lowest BCUT2D eigenvalue weighted by atomic mass is 10.1. The van der Waals surface area contributed by atoms with Gasteiger partial charge in [0.2, 0.25) is 5.91 Å². The molecule has 0 aliphatic carbocycles. The van der Waals surface area contributed by atoms with Gasteiger partial charge < -0.3 is 19.7 Å². The molecule has 3 heterocycles. The number of hydrogen-bond donors (Lipinski definition) is 3. The maximum Gasteiger partial charge on any atom is 0.326 e. The van der Waals surface area contributed by atoms with Gasteiger partial charge in [-0.05, 0) is 13.8 Å². The molecule has 2 saturated heterocycles. The Balaban J connectivity index is 1.70. The predicted octanol–water partition coefficient (Wildman–Crippen LogP) is 0.724. The molecule has 0 saturated carbocycles. The number of aromatic amines is 1. The van der Waals surface area contributed by atoms with Crippen molar-refractivity contribution in [2.75, 3.05) is 24.7 Å². The zero-order chi connectivity index (χ0) is 21.0. The molecular weight excluding hydrogens is 416 g/mol. The number of carboxylic acids is 1. The van der Waals surface area contributed by atoms with E-state index in [1.54, 1.807) is 43.6 Å². The third-order valence-corrected chi connectivity index (χ3v) is 8.47. The molecule has 160 valence electrons. The van der Waals surface area contributed by atoms with Crippen LogP contribution in [0, 0.1) is 0 Å². The van der Waals surface area contributed by atoms with Crippen molar-refractivity contribution in [3.05, 3.63) is 18.2 Å². The number of H-pyrrole nitrogens is 1. The van der Waals surface area contributed by atoms with Gasteiger partial charge in [0, 0.05) is 42.8 Å². The number of carbonyl (C=O) groups is 3. The second-order valence-corrected chi connectivity index (χ2v) is 10.3. The molecule has 0 radical (unpaired) electrons. The van der Waals surface area contributed by atoms with Crippen LogP contribution < -0.4 is 5.32 Å². The Morgan fingerprint density at radius 3 is 2.76 bits per heavy atom. The Kier molecular flexibility index (Phi) is 7.12. The third-order valence-electron chi connectivity index (χ3n) is 5.05. The average Bonchev–Trinajstić information content (AvgIpc) is 3.43. The number of aromatic nitrogens is 2. The van der Waals surface area contributed by atoms with E-state index < -0.39 is 30.1 Å². The predicted molar refractivity (Wildman–Crippen MR) is 111 cm³/mol. The van der Waals surface area contributed by atoms with E-state index in [2.05, 4.69) is 15.3 Å². The molecule has 11 heteroatoms. The largest absolute Gasteiger partial charge is 0.480 e. The van der Waals surface area contributed by atoms with Gasteiger partial charge in [-0.25, -0.2) is 9.78 Å². The molecule has 2 aliphatic rings. The molecule has 0 bridgehead atoms. The summed E-state index contributed by atoms with van der Waals surface area (Å²) < 4.78 is 4.89. The Labute approximate surface area is 177 Å². The summed E-state index contributed by atoms with van der Waals surface area (Å²) in [6.45, 7) is 4.00. The topological polar surface area (TPSA) is 125 Å². The van der Waals surface area contributed by atoms with Gasteiger partial charge in [-0.1, -0.05) is 0 Å². The summed E-state index contributed by atoms with van der Waals surface area (Å²) in [7, 11) is 0. The molecule has 0 aromatic carbocycles. The van der Waals surface area contributed by atoms with E-state index in [-0.39, 0.29) is 23.0 Å². The summed E-state index contributed by atoms with van der Waals surface area (Å²) in [6, 6.07) is -2.33. The number of esters is 1. The zero-order valence-electron chi connectivity index (χ0n) is 16.4. The first-order valence-corrected chi connectivity index (χ1v) is 11.5. The third kappa shape index (κ3) is 5.07. The minimum absolute atomic E-state index is 0.229. The van der Waals surface area contributed by atoms with Crippen LogP contribution in [0.1, 0.15) is 26.0 Å². The molecule has 9 nitrogen and oxygen atoms in total. The zero-order valence-corrected chi connectivity index (χ0v) is 18.1. The van der Waals surface area contributed by atoms with Crippen molar-refractivity contribution in [3.63, 3.8) is 0 Å². The Bertz CT molecular complexity index is 739. The fourth-order valence-corrected chi connectivity index (χ4v) is 6.94. The van der Waals surface area contributed by atoms with E-state index in [0.29, 0.717) is 13.0 Å². The number of nitrogens with one attached hydrogen (secondary N) is 2. The molecule has 3 N–H and O–H groups in total. The van der Waals surface area contributed by atoms with E-state index in [4.69, 9.17) is 4.74 Å². The van der Waals surface area contributed by atoms with Gasteiger partial charge in [0.05, 0.1) is 23.1 Å². The summed E-state index contributed by atoms with van der Waals surface area (Å²) in [4.78, 5) is 45.6. The lowest BCUT2D eigenvalue weighted by molar-refractivity contribution is -0.150. The second-order valence-electron chi connectivity index (χ2n) is 7.11. The van der Waals surface area contributed by atoms with Gasteiger partial charge in [-0.3, -0.25) is 14.9 Å². The van der Waals surface area contributed by atoms with Crippen LogP contribution in [0.2, 0.25) is 0 Å². The van der Waals surface area contributed by atoms with E-state index in [0.717, 1.165) is 17.2 Å². The SMILES string of the molecule is CCOC(=O)C(Cc1cnc[nH]1)N[C@@H](C)C(=O)N1CC2(CC1C(=O)O)SCCS2. The molecule has 3 atom stereocenters. The van der Waals surface area contributed by atoms with Gasteiger partial charge in [0.25, 0.3) is 0 Å². The first-order chi connectivity index (χ1) is 13.8. The van der Waals surface area contributed by atoms with Crippen molar-refractivity contribution in [1.29, 1.82) is 0 Å². The van der Waals surface area contributed by atoms with Gasteiger partial charge in [-0.15, -0.1) is 23.5 Å². The smallest absolute Gasteiger partial charge is 0.326 e. The van der Waals surface area contributed by atoms with Crippen molar-refractivity contribution < 1.29 is 24.2 Å². The maximum absolute atomic E-state index is 13.1. The number of thioether (sulfide) groups is 2. The van der Waals surface area contributed by atoms with Gasteiger partial charge in [0.15, 0.2) is 0 Å². The molecule has 2 fully saturated rings. The standard InChI is InChI=1S/C18H26N4O5S2/c1-3-27-17(26)13(6-12-8-19-10-20-12)21-11(2)15(23)22-9-18(28-4-5-29-18)7-14(22)16(24)25/h8,10-11,13-14,21H,3-7,9H2,1-2H3,(H,19,20)(H,24,25)/t11-,13?,14?/m0/s1. The quantitative estimate of drug-likeness (QED) is 0.500. The molecule has 1 aromatic heterocycles. The summed E-state index contributed by atoms with van der Waals surface area (Å²) in [5.74, 6) is 0.150. The number of carboxylic acid groups (broad SMARTS) is 1. The summed E-state index contributed by atoms with van der Waals surface area (Å²) in [5.41, 5.74) is 0.734. The lowest BCUT2D eigenvalue weighted by Crippen LogP contribution is -2.54. The first-order valence-electron chi connectivity index (χ1n) is 9.56. The van der Waals surface area contributed by atoms with Crippen LogP contribution in [0.3, 0.4) is 0 Å². The van der Waals surface area contributed by atoms with E-state index in [1.165, 1.54) is 11.2 Å². The average molecular weight is 443 g/mol. The molecule has 1 amide bonds. The highest BCUT2D eigenvalue weighted by molar-refractivity contribution is 8.21. The van der Waals surface area contributed by atoms with Crippen molar-refractivity contribution in [1.82, 2.24) is 20.2 Å². The van der Waals surface area contributed by atoms with Gasteiger partial charge in [-0.2, -0.15) is 0 Å². The van der Waals surface area contributed by atoms with Gasteiger partial charge in [0.1, 0.15) is 12.1 Å². The van der Waals surface area contributed by atoms with Crippen LogP contribution >= 0.6 is 23.5 Å². The van der Waals surface area contributed by atoms with Crippen molar-refractivity contribution >= 4 is 41.4 Å². The highest BCUT2D eigenvalue weighted by Gasteiger charge is 2.52. The first kappa shape index (κ1) is 22.0. The molecule has 29 heavy (non-hydrogen) atoms. The number of ether oxygens (including phenoxy) is 1. The molecule has 3 rings (SSSR count). The highest BCUT2D eigenvalue weighted by Crippen LogP contribution is 2.51. The summed E-state index contributed by atoms with van der Waals surface area (Å²) >= 11 is 3.47. The minimum atomic E-state index is -0.991. The van der Waals surface area contributed by atoms with Crippen LogP contribution in [0.4, 0.5) is 0 Å². The number of amides is 1. The summed E-state index contributed by atoms with van der Waals surface area (Å²) in [5, 5.41) is 12.7. The van der Waals surface area contributed by atoms with Crippen molar-refractivity contribution in [2.45, 2.75) is 48.9 Å². The normalized spacial score (nSPS) is 22.6. The molecule has 2 unspecified atom stereocenters. The van der Waals surface area contributed by atoms with Gasteiger partial charge >= 0.3 is 11.9 Å². The summed E-state index contributed by atoms with van der Waals surface area (Å²) in [6.07, 6.45) is 3.85. The molecule has 1 spiro atoms. The number of nitrogens with zero attached hydrogens (tertiary/aromatic N) is 2. The van der Waals surface area contributed by atoms with Crippen LogP contribution in [0.25, 0.3) is 0 Å². The van der Waals surface area contributed by atoms with Crippen LogP contribution in [0.5, 0.6) is 0 Å². The monoisotopic (exact) mass is 442 g/mol. The van der Waals surface area contributed by atoms with E-state index >= 15 is 0 Å². The maximum atomic E-state index is 13.1. The van der Waals surface area contributed by atoms with Crippen molar-refractivity contribution in [2.24, 2.45) is 0 Å². The van der Waals surface area contributed by atoms with Crippen LogP contribution in [-0.4, -0.2) is 84.7 Å². The number of rotatable bonds is 8. The molecule has 2 aliphatic heterocycles. The fourth-order valence-electron chi connectivity index (χ4n) is 3.69. The van der Waals surface area contributed by atoms with Crippen LogP contribution in [-0.2, 0) is 25.5 Å². The molecular formula is C18H26N4O5S2. The second kappa shape index (κ2) is 9.40. The number of hydrogen-bond acceptors (Lipinski definition) is 8. The highest BCUT2D eigenvalue weighted by atomic mass is 32.2. The van der Waals surface area contributed by atoms with E-state index in [9.17, 15) is 19.5 Å². The lowest BCUT2D eigenvalue weighted by Gasteiger charge is -2.28. The minimum Gasteiger partial charge on any atom is -0.480 e. The van der Waals surface area contributed by atoms with Crippen molar-refractivity contribution in [3.8, 4) is 0 Å². The van der Waals surface area contributed by atoms with Crippen LogP contribution in [0.15, 0.2) is 12.5 Å². The number of carbonyl (C=O) groups excluding carboxylic acids is 2.